The van der Waals surface area contributed by atoms with Crippen LogP contribution in [0.1, 0.15) is 40.0 Å². The van der Waals surface area contributed by atoms with Gasteiger partial charge in [0.1, 0.15) is 0 Å². The first-order valence-electron chi connectivity index (χ1n) is 7.27. The zero-order valence-electron chi connectivity index (χ0n) is 12.8. The molecule has 0 bridgehead atoms. The molecule has 5 nitrogen and oxygen atoms in total. The molecule has 21 heavy (non-hydrogen) atoms. The van der Waals surface area contributed by atoms with E-state index >= 15 is 0 Å². The molecule has 118 valence electrons. The molecule has 0 unspecified atom stereocenters. The van der Waals surface area contributed by atoms with Gasteiger partial charge in [-0.25, -0.2) is 13.2 Å². The van der Waals surface area contributed by atoms with Crippen molar-refractivity contribution in [2.24, 2.45) is 0 Å². The van der Waals surface area contributed by atoms with Gasteiger partial charge in [-0.1, -0.05) is 31.9 Å². The molecule has 0 saturated carbocycles. The lowest BCUT2D eigenvalue weighted by Gasteiger charge is -2.14. The largest absolute Gasteiger partial charge is 0.338 e. The smallest absolute Gasteiger partial charge is 0.319 e. The summed E-state index contributed by atoms with van der Waals surface area (Å²) in [4.78, 5) is 12.0. The number of sulfone groups is 1. The summed E-state index contributed by atoms with van der Waals surface area (Å²) < 4.78 is 24.5. The van der Waals surface area contributed by atoms with Gasteiger partial charge in [-0.05, 0) is 32.4 Å². The number of urea groups is 1. The van der Waals surface area contributed by atoms with Crippen LogP contribution in [0.15, 0.2) is 29.2 Å². The highest BCUT2D eigenvalue weighted by Crippen LogP contribution is 2.24. The molecule has 0 aromatic heterocycles. The summed E-state index contributed by atoms with van der Waals surface area (Å²) in [6, 6.07) is 6.09. The van der Waals surface area contributed by atoms with Crippen molar-refractivity contribution in [1.82, 2.24) is 5.32 Å². The number of carbonyl (C=O) groups excluding carboxylic acids is 1. The molecule has 0 radical (unpaired) electrons. The monoisotopic (exact) mass is 312 g/mol. The van der Waals surface area contributed by atoms with Gasteiger partial charge in [-0.3, -0.25) is 0 Å². The Hall–Kier alpha value is -1.56. The van der Waals surface area contributed by atoms with Crippen molar-refractivity contribution in [3.05, 3.63) is 24.3 Å². The molecule has 0 saturated heterocycles. The van der Waals surface area contributed by atoms with Gasteiger partial charge in [-0.15, -0.1) is 0 Å². The van der Waals surface area contributed by atoms with Gasteiger partial charge in [0.25, 0.3) is 0 Å². The van der Waals surface area contributed by atoms with E-state index < -0.39 is 15.1 Å². The number of nitrogens with one attached hydrogen (secondary N) is 2. The minimum atomic E-state index is -3.42. The van der Waals surface area contributed by atoms with Crippen molar-refractivity contribution in [2.45, 2.75) is 50.2 Å². The van der Waals surface area contributed by atoms with Crippen LogP contribution in [-0.4, -0.2) is 26.2 Å². The van der Waals surface area contributed by atoms with E-state index in [2.05, 4.69) is 17.6 Å². The predicted octanol–water partition coefficient (Wildman–Crippen LogP) is 3.18. The molecule has 0 aliphatic heterocycles. The van der Waals surface area contributed by atoms with Crippen molar-refractivity contribution < 1.29 is 13.2 Å². The first-order valence-corrected chi connectivity index (χ1v) is 8.82. The van der Waals surface area contributed by atoms with Crippen LogP contribution < -0.4 is 10.6 Å². The first-order chi connectivity index (χ1) is 9.89. The molecule has 0 fully saturated rings. The number of rotatable bonds is 7. The van der Waals surface area contributed by atoms with Crippen molar-refractivity contribution in [2.75, 3.05) is 11.9 Å². The normalized spacial score (nSPS) is 11.4. The number of benzene rings is 1. The van der Waals surface area contributed by atoms with E-state index in [0.717, 1.165) is 19.3 Å². The molecule has 1 aromatic carbocycles. The summed E-state index contributed by atoms with van der Waals surface area (Å²) in [7, 11) is -3.42. The highest BCUT2D eigenvalue weighted by molar-refractivity contribution is 7.92. The topological polar surface area (TPSA) is 75.3 Å². The summed E-state index contributed by atoms with van der Waals surface area (Å²) >= 11 is 0. The second-order valence-electron chi connectivity index (χ2n) is 5.18. The van der Waals surface area contributed by atoms with Gasteiger partial charge in [0.2, 0.25) is 0 Å². The van der Waals surface area contributed by atoms with Crippen molar-refractivity contribution in [1.29, 1.82) is 0 Å². The van der Waals surface area contributed by atoms with E-state index in [0.29, 0.717) is 12.2 Å². The summed E-state index contributed by atoms with van der Waals surface area (Å²) in [5.74, 6) is 0. The summed E-state index contributed by atoms with van der Waals surface area (Å²) in [6.07, 6.45) is 3.05. The molecule has 0 heterocycles. The lowest BCUT2D eigenvalue weighted by Crippen LogP contribution is -2.30. The fourth-order valence-electron chi connectivity index (χ4n) is 1.82. The Kier molecular flexibility index (Phi) is 6.68. The fraction of sp³-hybridized carbons (Fsp3) is 0.533. The van der Waals surface area contributed by atoms with Crippen LogP contribution in [0.3, 0.4) is 0 Å². The van der Waals surface area contributed by atoms with Crippen molar-refractivity contribution >= 4 is 21.6 Å². The number of unbranched alkanes of at least 4 members (excludes halogenated alkanes) is 2. The van der Waals surface area contributed by atoms with Gasteiger partial charge >= 0.3 is 6.03 Å². The Balaban J connectivity index is 2.79. The van der Waals surface area contributed by atoms with E-state index in [1.54, 1.807) is 32.0 Å². The minimum absolute atomic E-state index is 0.156. The number of hydrogen-bond acceptors (Lipinski definition) is 3. The standard InChI is InChI=1S/C15H24N2O3S/c1-4-5-8-11-16-15(18)17-13-9-6-7-10-14(13)21(19,20)12(2)3/h6-7,9-10,12H,4-5,8,11H2,1-3H3,(H2,16,17,18). The SMILES string of the molecule is CCCCCNC(=O)Nc1ccccc1S(=O)(=O)C(C)C. The quantitative estimate of drug-likeness (QED) is 0.759. The lowest BCUT2D eigenvalue weighted by atomic mass is 10.2. The number of para-hydroxylation sites is 1. The van der Waals surface area contributed by atoms with Crippen LogP contribution in [0, 0.1) is 0 Å². The number of amides is 2. The first kappa shape index (κ1) is 17.5. The van der Waals surface area contributed by atoms with Crippen LogP contribution >= 0.6 is 0 Å². The molecule has 6 heteroatoms. The third-order valence-electron chi connectivity index (χ3n) is 3.13. The number of hydrogen-bond donors (Lipinski definition) is 2. The molecule has 0 spiro atoms. The van der Waals surface area contributed by atoms with Gasteiger partial charge in [0, 0.05) is 6.54 Å². The molecule has 0 aliphatic carbocycles. The molecule has 0 aliphatic rings. The van der Waals surface area contributed by atoms with Crippen molar-refractivity contribution in [3.8, 4) is 0 Å². The van der Waals surface area contributed by atoms with Crippen LogP contribution in [0.2, 0.25) is 0 Å². The molecular formula is C15H24N2O3S. The summed E-state index contributed by atoms with van der Waals surface area (Å²) in [5.41, 5.74) is 0.319. The maximum atomic E-state index is 12.3. The Labute approximate surface area is 127 Å². The number of carbonyl (C=O) groups is 1. The van der Waals surface area contributed by atoms with Crippen LogP contribution in [0.25, 0.3) is 0 Å². The molecule has 2 amide bonds. The van der Waals surface area contributed by atoms with Gasteiger partial charge in [-0.2, -0.15) is 0 Å². The Bertz CT molecular complexity index is 568. The van der Waals surface area contributed by atoms with E-state index in [4.69, 9.17) is 0 Å². The summed E-state index contributed by atoms with van der Waals surface area (Å²) in [6.45, 7) is 5.92. The average molecular weight is 312 g/mol. The second-order valence-corrected chi connectivity index (χ2v) is 7.65. The average Bonchev–Trinajstić information content (AvgIpc) is 2.44. The third-order valence-corrected chi connectivity index (χ3v) is 5.34. The van der Waals surface area contributed by atoms with Gasteiger partial charge in [0.15, 0.2) is 9.84 Å². The minimum Gasteiger partial charge on any atom is -0.338 e. The molecule has 1 rings (SSSR count). The number of anilines is 1. The van der Waals surface area contributed by atoms with E-state index in [1.165, 1.54) is 6.07 Å². The van der Waals surface area contributed by atoms with Crippen LogP contribution in [0.5, 0.6) is 0 Å². The van der Waals surface area contributed by atoms with E-state index in [1.807, 2.05) is 0 Å². The molecular weight excluding hydrogens is 288 g/mol. The van der Waals surface area contributed by atoms with E-state index in [9.17, 15) is 13.2 Å². The van der Waals surface area contributed by atoms with Gasteiger partial charge in [0.05, 0.1) is 15.8 Å². The molecule has 0 atom stereocenters. The predicted molar refractivity (Wildman–Crippen MR) is 85.3 cm³/mol. The maximum absolute atomic E-state index is 12.3. The maximum Gasteiger partial charge on any atom is 0.319 e. The molecule has 1 aromatic rings. The zero-order valence-corrected chi connectivity index (χ0v) is 13.7. The highest BCUT2D eigenvalue weighted by atomic mass is 32.2. The lowest BCUT2D eigenvalue weighted by molar-refractivity contribution is 0.252. The van der Waals surface area contributed by atoms with E-state index in [-0.39, 0.29) is 10.9 Å². The van der Waals surface area contributed by atoms with Crippen molar-refractivity contribution in [3.63, 3.8) is 0 Å². The second kappa shape index (κ2) is 8.02. The molecule has 2 N–H and O–H groups in total. The highest BCUT2D eigenvalue weighted by Gasteiger charge is 2.22. The van der Waals surface area contributed by atoms with Crippen LogP contribution in [-0.2, 0) is 9.84 Å². The Morgan fingerprint density at radius 3 is 2.48 bits per heavy atom. The zero-order chi connectivity index (χ0) is 15.9. The van der Waals surface area contributed by atoms with Crippen LogP contribution in [0.4, 0.5) is 10.5 Å². The third kappa shape index (κ3) is 5.04. The van der Waals surface area contributed by atoms with Gasteiger partial charge < -0.3 is 10.6 Å². The Morgan fingerprint density at radius 1 is 1.19 bits per heavy atom. The summed E-state index contributed by atoms with van der Waals surface area (Å²) in [5, 5.41) is 4.81. The Morgan fingerprint density at radius 2 is 1.86 bits per heavy atom. The fourth-order valence-corrected chi connectivity index (χ4v) is 3.02.